The number of imidazole rings is 1. The first-order valence-electron chi connectivity index (χ1n) is 8.91. The first-order valence-corrected chi connectivity index (χ1v) is 10.4. The SMILES string of the molecule is CN(C)Cc1cc(Cn2cc(O)n(-c3ccc(S(=O)(=O)C(F)(F)F)cc3)c2=O)ccn1. The summed E-state index contributed by atoms with van der Waals surface area (Å²) in [5.41, 5.74) is -4.51. The zero-order valence-corrected chi connectivity index (χ0v) is 17.4. The maximum absolute atomic E-state index is 12.7. The third-order valence-corrected chi connectivity index (χ3v) is 5.86. The molecule has 12 heteroatoms. The number of pyridine rings is 1. The summed E-state index contributed by atoms with van der Waals surface area (Å²) in [5.74, 6) is -0.445. The van der Waals surface area contributed by atoms with Crippen LogP contribution in [-0.2, 0) is 22.9 Å². The number of aromatic hydroxyl groups is 1. The fourth-order valence-corrected chi connectivity index (χ4v) is 3.74. The molecule has 0 unspecified atom stereocenters. The second kappa shape index (κ2) is 8.19. The van der Waals surface area contributed by atoms with Gasteiger partial charge in [0.25, 0.3) is 9.84 Å². The summed E-state index contributed by atoms with van der Waals surface area (Å²) >= 11 is 0. The Bertz CT molecular complexity index is 1250. The van der Waals surface area contributed by atoms with E-state index in [1.165, 1.54) is 10.8 Å². The molecule has 2 aromatic heterocycles. The minimum Gasteiger partial charge on any atom is -0.493 e. The Morgan fingerprint density at radius 2 is 1.77 bits per heavy atom. The molecule has 0 amide bonds. The molecule has 0 saturated heterocycles. The summed E-state index contributed by atoms with van der Waals surface area (Å²) in [6.07, 6.45) is 2.80. The molecule has 31 heavy (non-hydrogen) atoms. The van der Waals surface area contributed by atoms with E-state index < -0.39 is 31.8 Å². The van der Waals surface area contributed by atoms with Crippen molar-refractivity contribution in [2.45, 2.75) is 23.5 Å². The van der Waals surface area contributed by atoms with Crippen LogP contribution in [-0.4, -0.2) is 52.1 Å². The Hall–Kier alpha value is -3.12. The molecule has 1 N–H and O–H groups in total. The lowest BCUT2D eigenvalue weighted by molar-refractivity contribution is -0.0436. The van der Waals surface area contributed by atoms with Gasteiger partial charge < -0.3 is 10.0 Å². The first kappa shape index (κ1) is 22.6. The average Bonchev–Trinajstić information content (AvgIpc) is 2.94. The molecule has 0 bridgehead atoms. The van der Waals surface area contributed by atoms with Crippen molar-refractivity contribution in [3.05, 3.63) is 70.5 Å². The minimum absolute atomic E-state index is 0.0189. The third-order valence-electron chi connectivity index (χ3n) is 4.36. The minimum atomic E-state index is -5.51. The van der Waals surface area contributed by atoms with Gasteiger partial charge in [-0.25, -0.2) is 17.8 Å². The highest BCUT2D eigenvalue weighted by Gasteiger charge is 2.46. The molecule has 1 aromatic carbocycles. The number of aromatic nitrogens is 3. The predicted octanol–water partition coefficient (Wildman–Crippen LogP) is 2.14. The van der Waals surface area contributed by atoms with Crippen LogP contribution in [0.3, 0.4) is 0 Å². The van der Waals surface area contributed by atoms with Crippen molar-refractivity contribution in [1.82, 2.24) is 19.0 Å². The van der Waals surface area contributed by atoms with Gasteiger partial charge in [0.05, 0.1) is 29.0 Å². The molecule has 2 heterocycles. The van der Waals surface area contributed by atoms with Gasteiger partial charge in [0.1, 0.15) is 0 Å². The quantitative estimate of drug-likeness (QED) is 0.611. The summed E-state index contributed by atoms with van der Waals surface area (Å²) in [6.45, 7) is 0.727. The van der Waals surface area contributed by atoms with Crippen LogP contribution >= 0.6 is 0 Å². The van der Waals surface area contributed by atoms with Crippen LogP contribution in [0.1, 0.15) is 11.3 Å². The molecule has 166 valence electrons. The van der Waals surface area contributed by atoms with Crippen molar-refractivity contribution in [2.24, 2.45) is 0 Å². The fourth-order valence-electron chi connectivity index (χ4n) is 2.98. The Balaban J connectivity index is 1.91. The second-order valence-electron chi connectivity index (χ2n) is 7.07. The summed E-state index contributed by atoms with van der Waals surface area (Å²) in [4.78, 5) is 18.0. The van der Waals surface area contributed by atoms with Crippen LogP contribution in [0, 0.1) is 0 Å². The van der Waals surface area contributed by atoms with Gasteiger partial charge in [-0.15, -0.1) is 0 Å². The summed E-state index contributed by atoms with van der Waals surface area (Å²) in [5, 5.41) is 10.2. The molecule has 0 fully saturated rings. The van der Waals surface area contributed by atoms with Crippen LogP contribution < -0.4 is 5.69 Å². The number of hydrogen-bond donors (Lipinski definition) is 1. The highest BCUT2D eigenvalue weighted by molar-refractivity contribution is 7.92. The van der Waals surface area contributed by atoms with Gasteiger partial charge in [-0.1, -0.05) is 0 Å². The van der Waals surface area contributed by atoms with Crippen molar-refractivity contribution < 1.29 is 26.7 Å². The van der Waals surface area contributed by atoms with Crippen LogP contribution in [0.25, 0.3) is 5.69 Å². The van der Waals surface area contributed by atoms with Gasteiger partial charge >= 0.3 is 11.2 Å². The molecule has 0 aliphatic rings. The van der Waals surface area contributed by atoms with E-state index in [2.05, 4.69) is 4.98 Å². The monoisotopic (exact) mass is 456 g/mol. The maximum Gasteiger partial charge on any atom is 0.501 e. The molecule has 0 aliphatic heterocycles. The van der Waals surface area contributed by atoms with E-state index in [9.17, 15) is 31.5 Å². The van der Waals surface area contributed by atoms with Crippen molar-refractivity contribution in [3.63, 3.8) is 0 Å². The third kappa shape index (κ3) is 4.64. The molecule has 0 saturated carbocycles. The largest absolute Gasteiger partial charge is 0.501 e. The number of hydrogen-bond acceptors (Lipinski definition) is 6. The van der Waals surface area contributed by atoms with Gasteiger partial charge in [-0.2, -0.15) is 13.2 Å². The number of halogens is 3. The molecule has 0 aliphatic carbocycles. The van der Waals surface area contributed by atoms with E-state index in [4.69, 9.17) is 0 Å². The van der Waals surface area contributed by atoms with E-state index in [0.29, 0.717) is 6.54 Å². The topological polar surface area (TPSA) is 97.4 Å². The second-order valence-corrected chi connectivity index (χ2v) is 9.01. The Morgan fingerprint density at radius 3 is 2.35 bits per heavy atom. The Labute approximate surface area is 175 Å². The van der Waals surface area contributed by atoms with Crippen LogP contribution in [0.5, 0.6) is 5.88 Å². The molecule has 0 spiro atoms. The lowest BCUT2D eigenvalue weighted by atomic mass is 10.2. The van der Waals surface area contributed by atoms with Gasteiger partial charge in [0, 0.05) is 12.7 Å². The highest BCUT2D eigenvalue weighted by Crippen LogP contribution is 2.30. The molecule has 0 radical (unpaired) electrons. The number of benzene rings is 1. The maximum atomic E-state index is 12.7. The smallest absolute Gasteiger partial charge is 0.493 e. The molecule has 0 atom stereocenters. The standard InChI is InChI=1S/C19H19F3N4O4S/c1-24(2)11-14-9-13(7-8-23-14)10-25-12-17(27)26(18(25)28)15-3-5-16(6-4-15)31(29,30)19(20,21)22/h3-9,12,27H,10-11H2,1-2H3. The van der Waals surface area contributed by atoms with Crippen LogP contribution in [0.4, 0.5) is 13.2 Å². The number of alkyl halides is 3. The van der Waals surface area contributed by atoms with Gasteiger partial charge in [-0.3, -0.25) is 9.55 Å². The van der Waals surface area contributed by atoms with Crippen LogP contribution in [0.2, 0.25) is 0 Å². The lowest BCUT2D eigenvalue weighted by Gasteiger charge is -2.10. The summed E-state index contributed by atoms with van der Waals surface area (Å²) in [6, 6.07) is 7.04. The lowest BCUT2D eigenvalue weighted by Crippen LogP contribution is -2.24. The molecule has 8 nitrogen and oxygen atoms in total. The summed E-state index contributed by atoms with van der Waals surface area (Å²) < 4.78 is 63.1. The zero-order valence-electron chi connectivity index (χ0n) is 16.5. The van der Waals surface area contributed by atoms with E-state index >= 15 is 0 Å². The van der Waals surface area contributed by atoms with Gasteiger partial charge in [0.2, 0.25) is 5.88 Å². The Kier molecular flexibility index (Phi) is 5.96. The van der Waals surface area contributed by atoms with E-state index in [1.54, 1.807) is 12.3 Å². The van der Waals surface area contributed by atoms with Crippen molar-refractivity contribution >= 4 is 9.84 Å². The average molecular weight is 456 g/mol. The van der Waals surface area contributed by atoms with E-state index in [0.717, 1.165) is 40.1 Å². The summed E-state index contributed by atoms with van der Waals surface area (Å²) in [7, 11) is -1.73. The normalized spacial score (nSPS) is 12.5. The van der Waals surface area contributed by atoms with Crippen molar-refractivity contribution in [1.29, 1.82) is 0 Å². The number of rotatable bonds is 6. The molecule has 3 rings (SSSR count). The number of nitrogens with zero attached hydrogens (tertiary/aromatic N) is 4. The fraction of sp³-hybridized carbons (Fsp3) is 0.263. The first-order chi connectivity index (χ1) is 14.4. The molecular weight excluding hydrogens is 437 g/mol. The predicted molar refractivity (Wildman–Crippen MR) is 106 cm³/mol. The van der Waals surface area contributed by atoms with Gasteiger partial charge in [-0.05, 0) is 56.1 Å². The zero-order chi connectivity index (χ0) is 23.0. The number of sulfone groups is 1. The van der Waals surface area contributed by atoms with E-state index in [1.807, 2.05) is 25.1 Å². The molecule has 3 aromatic rings. The van der Waals surface area contributed by atoms with Crippen molar-refractivity contribution in [2.75, 3.05) is 14.1 Å². The Morgan fingerprint density at radius 1 is 1.13 bits per heavy atom. The van der Waals surface area contributed by atoms with Crippen LogP contribution in [0.15, 0.2) is 58.5 Å². The van der Waals surface area contributed by atoms with E-state index in [-0.39, 0.29) is 12.2 Å². The molecular formula is C19H19F3N4O4S. The highest BCUT2D eigenvalue weighted by atomic mass is 32.2. The van der Waals surface area contributed by atoms with Crippen molar-refractivity contribution in [3.8, 4) is 11.6 Å². The van der Waals surface area contributed by atoms with Gasteiger partial charge in [0.15, 0.2) is 0 Å².